The van der Waals surface area contributed by atoms with Crippen LogP contribution in [0.3, 0.4) is 0 Å². The van der Waals surface area contributed by atoms with Crippen molar-refractivity contribution in [1.82, 2.24) is 0 Å². The Hall–Kier alpha value is -1.55. The van der Waals surface area contributed by atoms with Crippen LogP contribution in [0.4, 0.5) is 0 Å². The van der Waals surface area contributed by atoms with Crippen LogP contribution in [-0.4, -0.2) is 26.2 Å². The van der Waals surface area contributed by atoms with E-state index in [1.165, 1.54) is 14.2 Å². The molecule has 0 fully saturated rings. The molecule has 1 aliphatic rings. The van der Waals surface area contributed by atoms with Crippen molar-refractivity contribution in [3.05, 3.63) is 34.3 Å². The van der Waals surface area contributed by atoms with Gasteiger partial charge in [-0.05, 0) is 49.3 Å². The Morgan fingerprint density at radius 2 is 1.96 bits per heavy atom. The second kappa shape index (κ2) is 7.82. The first-order chi connectivity index (χ1) is 11.0. The van der Waals surface area contributed by atoms with Crippen molar-refractivity contribution in [2.75, 3.05) is 14.2 Å². The zero-order valence-corrected chi connectivity index (χ0v) is 14.4. The van der Waals surface area contributed by atoms with E-state index in [2.05, 4.69) is 6.07 Å². The molecule has 0 saturated heterocycles. The minimum atomic E-state index is -0.306. The SMILES string of the molecule is COC(=O)CCCC1(CC(=O)OC)CCCc2c(Cl)cccc21. The van der Waals surface area contributed by atoms with E-state index >= 15 is 0 Å². The lowest BCUT2D eigenvalue weighted by Crippen LogP contribution is -2.34. The smallest absolute Gasteiger partial charge is 0.306 e. The molecule has 1 atom stereocenters. The van der Waals surface area contributed by atoms with Crippen molar-refractivity contribution in [2.45, 2.75) is 50.4 Å². The third kappa shape index (κ3) is 4.05. The Kier molecular flexibility index (Phi) is 6.05. The number of carbonyl (C=O) groups is 2. The van der Waals surface area contributed by atoms with Crippen molar-refractivity contribution in [3.63, 3.8) is 0 Å². The molecule has 126 valence electrons. The van der Waals surface area contributed by atoms with Gasteiger partial charge in [-0.25, -0.2) is 0 Å². The van der Waals surface area contributed by atoms with E-state index in [1.807, 2.05) is 12.1 Å². The highest BCUT2D eigenvalue weighted by Gasteiger charge is 2.39. The zero-order chi connectivity index (χ0) is 16.9. The molecular formula is C18H23ClO4. The fraction of sp³-hybridized carbons (Fsp3) is 0.556. The van der Waals surface area contributed by atoms with Crippen molar-refractivity contribution in [2.24, 2.45) is 0 Å². The van der Waals surface area contributed by atoms with Gasteiger partial charge < -0.3 is 9.47 Å². The lowest BCUT2D eigenvalue weighted by atomic mass is 9.65. The van der Waals surface area contributed by atoms with Crippen LogP contribution in [-0.2, 0) is 30.9 Å². The third-order valence-electron chi connectivity index (χ3n) is 4.75. The Morgan fingerprint density at radius 3 is 2.65 bits per heavy atom. The number of rotatable bonds is 6. The number of fused-ring (bicyclic) bond motifs is 1. The van der Waals surface area contributed by atoms with Gasteiger partial charge in [0.25, 0.3) is 0 Å². The summed E-state index contributed by atoms with van der Waals surface area (Å²) in [5.74, 6) is -0.448. The van der Waals surface area contributed by atoms with Crippen LogP contribution in [0, 0.1) is 0 Å². The molecule has 1 aromatic rings. The number of esters is 2. The molecule has 0 spiro atoms. The molecule has 2 rings (SSSR count). The zero-order valence-electron chi connectivity index (χ0n) is 13.7. The maximum atomic E-state index is 12.0. The van der Waals surface area contributed by atoms with Crippen molar-refractivity contribution in [1.29, 1.82) is 0 Å². The van der Waals surface area contributed by atoms with Crippen LogP contribution in [0.2, 0.25) is 5.02 Å². The van der Waals surface area contributed by atoms with E-state index in [0.29, 0.717) is 19.3 Å². The summed E-state index contributed by atoms with van der Waals surface area (Å²) in [6.45, 7) is 0. The molecule has 0 saturated carbocycles. The molecule has 1 aliphatic carbocycles. The van der Waals surface area contributed by atoms with E-state index in [-0.39, 0.29) is 17.4 Å². The number of benzene rings is 1. The summed E-state index contributed by atoms with van der Waals surface area (Å²) in [5, 5.41) is 0.754. The average Bonchev–Trinajstić information content (AvgIpc) is 2.55. The fourth-order valence-corrected chi connectivity index (χ4v) is 3.87. The molecule has 0 heterocycles. The Bertz CT molecular complexity index is 584. The number of carbonyl (C=O) groups excluding carboxylic acids is 2. The first-order valence-electron chi connectivity index (χ1n) is 7.94. The first-order valence-corrected chi connectivity index (χ1v) is 8.32. The van der Waals surface area contributed by atoms with Gasteiger partial charge in [0.05, 0.1) is 20.6 Å². The van der Waals surface area contributed by atoms with Crippen LogP contribution in [0.25, 0.3) is 0 Å². The number of hydrogen-bond donors (Lipinski definition) is 0. The highest BCUT2D eigenvalue weighted by molar-refractivity contribution is 6.31. The Labute approximate surface area is 142 Å². The van der Waals surface area contributed by atoms with Gasteiger partial charge in [0.2, 0.25) is 0 Å². The van der Waals surface area contributed by atoms with Gasteiger partial charge in [-0.15, -0.1) is 0 Å². The topological polar surface area (TPSA) is 52.6 Å². The summed E-state index contributed by atoms with van der Waals surface area (Å²) >= 11 is 6.36. The molecule has 1 aromatic carbocycles. The normalized spacial score (nSPS) is 19.8. The second-order valence-corrected chi connectivity index (χ2v) is 6.49. The molecule has 0 N–H and O–H groups in total. The summed E-state index contributed by atoms with van der Waals surface area (Å²) in [4.78, 5) is 23.4. The van der Waals surface area contributed by atoms with Crippen LogP contribution < -0.4 is 0 Å². The lowest BCUT2D eigenvalue weighted by Gasteiger charge is -2.39. The Morgan fingerprint density at radius 1 is 1.22 bits per heavy atom. The van der Waals surface area contributed by atoms with Crippen LogP contribution in [0.15, 0.2) is 18.2 Å². The van der Waals surface area contributed by atoms with Crippen LogP contribution in [0.1, 0.15) is 49.7 Å². The van der Waals surface area contributed by atoms with E-state index in [0.717, 1.165) is 41.8 Å². The molecule has 0 aromatic heterocycles. The molecule has 0 radical (unpaired) electrons. The van der Waals surface area contributed by atoms with Gasteiger partial charge in [-0.2, -0.15) is 0 Å². The largest absolute Gasteiger partial charge is 0.469 e. The maximum absolute atomic E-state index is 12.0. The predicted octanol–water partition coefficient (Wildman–Crippen LogP) is 3.82. The highest BCUT2D eigenvalue weighted by atomic mass is 35.5. The summed E-state index contributed by atoms with van der Waals surface area (Å²) in [5.41, 5.74) is 1.95. The molecule has 5 heteroatoms. The first kappa shape index (κ1) is 17.8. The molecule has 0 amide bonds. The number of ether oxygens (including phenoxy) is 2. The van der Waals surface area contributed by atoms with Crippen molar-refractivity contribution in [3.8, 4) is 0 Å². The van der Waals surface area contributed by atoms with Crippen LogP contribution in [0.5, 0.6) is 0 Å². The standard InChI is InChI=1S/C18H23ClO4/c1-22-16(20)9-5-11-18(12-17(21)23-2)10-4-6-13-14(18)7-3-8-15(13)19/h3,7-8H,4-6,9-12H2,1-2H3. The minimum Gasteiger partial charge on any atom is -0.469 e. The van der Waals surface area contributed by atoms with Crippen molar-refractivity contribution >= 4 is 23.5 Å². The van der Waals surface area contributed by atoms with Gasteiger partial charge >= 0.3 is 11.9 Å². The van der Waals surface area contributed by atoms with Gasteiger partial charge in [-0.3, -0.25) is 9.59 Å². The molecule has 0 bridgehead atoms. The van der Waals surface area contributed by atoms with E-state index in [9.17, 15) is 9.59 Å². The molecule has 0 aliphatic heterocycles. The number of halogens is 1. The van der Waals surface area contributed by atoms with E-state index in [1.54, 1.807) is 0 Å². The second-order valence-electron chi connectivity index (χ2n) is 6.08. The van der Waals surface area contributed by atoms with E-state index < -0.39 is 0 Å². The van der Waals surface area contributed by atoms with Gasteiger partial charge in [-0.1, -0.05) is 23.7 Å². The van der Waals surface area contributed by atoms with Crippen LogP contribution >= 0.6 is 11.6 Å². The van der Waals surface area contributed by atoms with Gasteiger partial charge in [0.1, 0.15) is 0 Å². The molecular weight excluding hydrogens is 316 g/mol. The van der Waals surface area contributed by atoms with Crippen molar-refractivity contribution < 1.29 is 19.1 Å². The fourth-order valence-electron chi connectivity index (χ4n) is 3.60. The number of methoxy groups -OCH3 is 2. The molecule has 23 heavy (non-hydrogen) atoms. The summed E-state index contributed by atoms with van der Waals surface area (Å²) < 4.78 is 9.62. The summed E-state index contributed by atoms with van der Waals surface area (Å²) in [6.07, 6.45) is 4.89. The average molecular weight is 339 g/mol. The van der Waals surface area contributed by atoms with Gasteiger partial charge in [0, 0.05) is 16.9 Å². The summed E-state index contributed by atoms with van der Waals surface area (Å²) in [7, 11) is 2.80. The quantitative estimate of drug-likeness (QED) is 0.740. The molecule has 4 nitrogen and oxygen atoms in total. The molecule has 1 unspecified atom stereocenters. The van der Waals surface area contributed by atoms with Gasteiger partial charge in [0.15, 0.2) is 0 Å². The lowest BCUT2D eigenvalue weighted by molar-refractivity contribution is -0.142. The minimum absolute atomic E-state index is 0.222. The summed E-state index contributed by atoms with van der Waals surface area (Å²) in [6, 6.07) is 5.88. The third-order valence-corrected chi connectivity index (χ3v) is 5.10. The monoisotopic (exact) mass is 338 g/mol. The highest BCUT2D eigenvalue weighted by Crippen LogP contribution is 2.45. The van der Waals surface area contributed by atoms with E-state index in [4.69, 9.17) is 21.1 Å². The Balaban J connectivity index is 2.30. The predicted molar refractivity (Wildman–Crippen MR) is 88.6 cm³/mol. The number of hydrogen-bond acceptors (Lipinski definition) is 4. The maximum Gasteiger partial charge on any atom is 0.306 e.